The number of carbonyl (C=O) groups is 2. The molecule has 1 spiro atoms. The molecule has 116 valence electrons. The molecule has 0 N–H and O–H groups in total. The van der Waals surface area contributed by atoms with Crippen LogP contribution >= 0.6 is 0 Å². The zero-order chi connectivity index (χ0) is 15.2. The minimum absolute atomic E-state index is 0.0972. The summed E-state index contributed by atoms with van der Waals surface area (Å²) in [7, 11) is 0. The van der Waals surface area contributed by atoms with Crippen molar-refractivity contribution < 1.29 is 14.3 Å². The largest absolute Gasteiger partial charge is 0.458 e. The Morgan fingerprint density at radius 1 is 1.27 bits per heavy atom. The Balaban J connectivity index is 1.44. The highest BCUT2D eigenvalue weighted by molar-refractivity contribution is 5.88. The van der Waals surface area contributed by atoms with Gasteiger partial charge in [-0.3, -0.25) is 14.6 Å². The smallest absolute Gasteiger partial charge is 0.307 e. The number of rotatable bonds is 2. The summed E-state index contributed by atoms with van der Waals surface area (Å²) in [5, 5.41) is 0. The lowest BCUT2D eigenvalue weighted by Gasteiger charge is -2.42. The zero-order valence-corrected chi connectivity index (χ0v) is 12.5. The lowest BCUT2D eigenvalue weighted by atomic mass is 9.83. The van der Waals surface area contributed by atoms with E-state index in [2.05, 4.69) is 4.98 Å². The van der Waals surface area contributed by atoms with Crippen LogP contribution < -0.4 is 0 Å². The fourth-order valence-corrected chi connectivity index (χ4v) is 4.11. The van der Waals surface area contributed by atoms with Crippen molar-refractivity contribution in [1.29, 1.82) is 0 Å². The minimum atomic E-state index is -0.496. The van der Waals surface area contributed by atoms with Gasteiger partial charge in [-0.15, -0.1) is 0 Å². The van der Waals surface area contributed by atoms with Crippen molar-refractivity contribution in [1.82, 2.24) is 9.88 Å². The van der Waals surface area contributed by atoms with Crippen molar-refractivity contribution in [3.8, 4) is 0 Å². The highest BCUT2D eigenvalue weighted by atomic mass is 16.6. The summed E-state index contributed by atoms with van der Waals surface area (Å²) in [4.78, 5) is 30.7. The number of ether oxygens (including phenoxy) is 1. The van der Waals surface area contributed by atoms with Crippen LogP contribution in [-0.4, -0.2) is 40.5 Å². The monoisotopic (exact) mass is 300 g/mol. The van der Waals surface area contributed by atoms with Gasteiger partial charge >= 0.3 is 5.97 Å². The van der Waals surface area contributed by atoms with Crippen LogP contribution in [0.25, 0.3) is 0 Å². The molecule has 0 aromatic carbocycles. The molecule has 2 saturated heterocycles. The van der Waals surface area contributed by atoms with E-state index < -0.39 is 5.60 Å². The van der Waals surface area contributed by atoms with Gasteiger partial charge in [0.2, 0.25) is 5.91 Å². The van der Waals surface area contributed by atoms with E-state index in [1.165, 1.54) is 0 Å². The van der Waals surface area contributed by atoms with Gasteiger partial charge in [0.1, 0.15) is 5.60 Å². The van der Waals surface area contributed by atoms with E-state index in [0.29, 0.717) is 19.0 Å². The lowest BCUT2D eigenvalue weighted by Crippen LogP contribution is -2.54. The van der Waals surface area contributed by atoms with Gasteiger partial charge in [-0.25, -0.2) is 0 Å². The van der Waals surface area contributed by atoms with E-state index in [-0.39, 0.29) is 24.2 Å². The fourth-order valence-electron chi connectivity index (χ4n) is 4.11. The molecule has 1 amide bonds. The molecule has 1 atom stereocenters. The third-order valence-electron chi connectivity index (χ3n) is 5.37. The molecule has 22 heavy (non-hydrogen) atoms. The van der Waals surface area contributed by atoms with Gasteiger partial charge in [0.05, 0.1) is 12.3 Å². The normalized spacial score (nSPS) is 27.0. The van der Waals surface area contributed by atoms with Crippen molar-refractivity contribution in [3.63, 3.8) is 0 Å². The Bertz CT molecular complexity index is 589. The Labute approximate surface area is 129 Å². The predicted octanol–water partition coefficient (Wildman–Crippen LogP) is 1.88. The minimum Gasteiger partial charge on any atom is -0.458 e. The maximum Gasteiger partial charge on any atom is 0.307 e. The predicted molar refractivity (Wildman–Crippen MR) is 79.0 cm³/mol. The number of nitrogens with zero attached hydrogens (tertiary/aromatic N) is 2. The third kappa shape index (κ3) is 2.11. The van der Waals surface area contributed by atoms with Gasteiger partial charge < -0.3 is 9.64 Å². The Kier molecular flexibility index (Phi) is 3.17. The molecule has 1 saturated carbocycles. The van der Waals surface area contributed by atoms with Gasteiger partial charge in [-0.2, -0.15) is 0 Å². The first-order valence-corrected chi connectivity index (χ1v) is 8.09. The van der Waals surface area contributed by atoms with Gasteiger partial charge in [0, 0.05) is 30.9 Å². The molecule has 0 radical (unpaired) electrons. The van der Waals surface area contributed by atoms with Crippen LogP contribution in [0.3, 0.4) is 0 Å². The summed E-state index contributed by atoms with van der Waals surface area (Å²) >= 11 is 0. The summed E-state index contributed by atoms with van der Waals surface area (Å²) in [5.41, 5.74) is 0.547. The van der Waals surface area contributed by atoms with E-state index >= 15 is 0 Å². The number of pyridine rings is 1. The van der Waals surface area contributed by atoms with Gasteiger partial charge in [-0.05, 0) is 37.8 Å². The van der Waals surface area contributed by atoms with Crippen LogP contribution in [0, 0.1) is 5.92 Å². The Morgan fingerprint density at radius 3 is 2.73 bits per heavy atom. The summed E-state index contributed by atoms with van der Waals surface area (Å²) < 4.78 is 5.57. The van der Waals surface area contributed by atoms with Crippen molar-refractivity contribution in [3.05, 3.63) is 30.1 Å². The van der Waals surface area contributed by atoms with Crippen molar-refractivity contribution in [2.24, 2.45) is 5.92 Å². The summed E-state index contributed by atoms with van der Waals surface area (Å²) in [6.45, 7) is 1.41. The van der Waals surface area contributed by atoms with Crippen LogP contribution in [0.2, 0.25) is 0 Å². The number of aromatic nitrogens is 1. The highest BCUT2D eigenvalue weighted by Crippen LogP contribution is 2.47. The number of esters is 1. The summed E-state index contributed by atoms with van der Waals surface area (Å²) in [6, 6.07) is 5.88. The maximum absolute atomic E-state index is 12.8. The molecule has 1 aliphatic carbocycles. The number of hydrogen-bond donors (Lipinski definition) is 0. The first-order chi connectivity index (χ1) is 10.7. The van der Waals surface area contributed by atoms with Crippen LogP contribution in [-0.2, 0) is 14.3 Å². The highest BCUT2D eigenvalue weighted by Gasteiger charge is 2.55. The van der Waals surface area contributed by atoms with E-state index in [0.717, 1.165) is 31.4 Å². The molecule has 5 heteroatoms. The molecule has 3 aliphatic rings. The average Bonchev–Trinajstić information content (AvgIpc) is 3.06. The first-order valence-electron chi connectivity index (χ1n) is 8.09. The Morgan fingerprint density at radius 2 is 2.05 bits per heavy atom. The SMILES string of the molecule is O=C1C[C@H](C(=O)N2CC(c3ccccn3)C2)C2(CCCC2)O1. The average molecular weight is 300 g/mol. The third-order valence-corrected chi connectivity index (χ3v) is 5.37. The molecule has 3 fully saturated rings. The number of carbonyl (C=O) groups excluding carboxylic acids is 2. The molecular formula is C17H20N2O3. The second-order valence-corrected chi connectivity index (χ2v) is 6.70. The number of amides is 1. The van der Waals surface area contributed by atoms with Crippen molar-refractivity contribution in [2.45, 2.75) is 43.6 Å². The molecule has 2 aliphatic heterocycles. The molecule has 0 unspecified atom stereocenters. The molecule has 4 rings (SSSR count). The van der Waals surface area contributed by atoms with Crippen molar-refractivity contribution >= 4 is 11.9 Å². The quantitative estimate of drug-likeness (QED) is 0.783. The van der Waals surface area contributed by atoms with Crippen LogP contribution in [0.5, 0.6) is 0 Å². The second-order valence-electron chi connectivity index (χ2n) is 6.70. The molecule has 5 nitrogen and oxygen atoms in total. The summed E-state index contributed by atoms with van der Waals surface area (Å²) in [6.07, 6.45) is 5.82. The maximum atomic E-state index is 12.8. The molecule has 0 bridgehead atoms. The van der Waals surface area contributed by atoms with Gasteiger partial charge in [0.15, 0.2) is 0 Å². The second kappa shape index (κ2) is 5.07. The number of likely N-dealkylation sites (tertiary alicyclic amines) is 1. The first kappa shape index (κ1) is 13.7. The van der Waals surface area contributed by atoms with E-state index in [4.69, 9.17) is 4.74 Å². The zero-order valence-electron chi connectivity index (χ0n) is 12.5. The fraction of sp³-hybridized carbons (Fsp3) is 0.588. The van der Waals surface area contributed by atoms with Crippen molar-refractivity contribution in [2.75, 3.05) is 13.1 Å². The summed E-state index contributed by atoms with van der Waals surface area (Å²) in [5.74, 6) is -0.0585. The van der Waals surface area contributed by atoms with Crippen LogP contribution in [0.1, 0.15) is 43.7 Å². The topological polar surface area (TPSA) is 59.5 Å². The van der Waals surface area contributed by atoms with Crippen LogP contribution in [0.4, 0.5) is 0 Å². The molecular weight excluding hydrogens is 280 g/mol. The van der Waals surface area contributed by atoms with E-state index in [1.807, 2.05) is 23.1 Å². The molecule has 3 heterocycles. The number of hydrogen-bond acceptors (Lipinski definition) is 4. The van der Waals surface area contributed by atoms with Gasteiger partial charge in [0.25, 0.3) is 0 Å². The van der Waals surface area contributed by atoms with E-state index in [1.54, 1.807) is 6.20 Å². The Hall–Kier alpha value is -1.91. The van der Waals surface area contributed by atoms with Gasteiger partial charge in [-0.1, -0.05) is 6.07 Å². The molecule has 1 aromatic heterocycles. The van der Waals surface area contributed by atoms with Crippen LogP contribution in [0.15, 0.2) is 24.4 Å². The standard InChI is InChI=1S/C17H20N2O3/c20-15-9-13(17(22-15)6-2-3-7-17)16(21)19-10-12(11-19)14-5-1-4-8-18-14/h1,4-5,8,12-13H,2-3,6-7,9-11H2/t13-/m1/s1. The lowest BCUT2D eigenvalue weighted by molar-refractivity contribution is -0.153. The van der Waals surface area contributed by atoms with E-state index in [9.17, 15) is 9.59 Å². The molecule has 1 aromatic rings.